The van der Waals surface area contributed by atoms with Crippen molar-refractivity contribution in [2.24, 2.45) is 0 Å². The Morgan fingerprint density at radius 3 is 2.90 bits per heavy atom. The van der Waals surface area contributed by atoms with Crippen LogP contribution < -0.4 is 4.74 Å². The maximum atomic E-state index is 12.0. The number of Topliss-reactive ketones (excluding diaryl/α,β-unsaturated/α-hetero) is 2. The van der Waals surface area contributed by atoms with Crippen molar-refractivity contribution in [2.45, 2.75) is 19.3 Å². The van der Waals surface area contributed by atoms with Crippen LogP contribution in [0.5, 0.6) is 5.75 Å². The van der Waals surface area contributed by atoms with Crippen LogP contribution in [0.3, 0.4) is 0 Å². The first-order valence-electron chi connectivity index (χ1n) is 6.70. The third-order valence-electron chi connectivity index (χ3n) is 3.47. The van der Waals surface area contributed by atoms with Crippen molar-refractivity contribution in [3.63, 3.8) is 0 Å². The van der Waals surface area contributed by atoms with E-state index in [1.165, 1.54) is 11.3 Å². The van der Waals surface area contributed by atoms with Crippen molar-refractivity contribution in [2.75, 3.05) is 6.61 Å². The average molecular weight is 365 g/mol. The minimum atomic E-state index is -0.0503. The van der Waals surface area contributed by atoms with Gasteiger partial charge in [0, 0.05) is 16.5 Å². The van der Waals surface area contributed by atoms with Gasteiger partial charge in [0.1, 0.15) is 5.75 Å². The number of halogens is 1. The Hall–Kier alpha value is -1.46. The van der Waals surface area contributed by atoms with E-state index in [-0.39, 0.29) is 18.2 Å². The molecule has 0 atom stereocenters. The summed E-state index contributed by atoms with van der Waals surface area (Å²) in [5.74, 6) is 0.788. The Balaban J connectivity index is 1.70. The molecule has 0 saturated carbocycles. The normalized spacial score (nSPS) is 13.9. The van der Waals surface area contributed by atoms with Gasteiger partial charge < -0.3 is 4.74 Å². The molecule has 1 aromatic carbocycles. The molecule has 1 aliphatic carbocycles. The topological polar surface area (TPSA) is 43.4 Å². The molecule has 1 aliphatic rings. The minimum absolute atomic E-state index is 0.00580. The molecule has 3 nitrogen and oxygen atoms in total. The highest BCUT2D eigenvalue weighted by atomic mass is 79.9. The fraction of sp³-hybridized carbons (Fsp3) is 0.250. The summed E-state index contributed by atoms with van der Waals surface area (Å²) in [5, 5.41) is 1.86. The van der Waals surface area contributed by atoms with Crippen molar-refractivity contribution in [1.29, 1.82) is 0 Å². The maximum Gasteiger partial charge on any atom is 0.211 e. The van der Waals surface area contributed by atoms with Gasteiger partial charge in [0.05, 0.1) is 4.88 Å². The van der Waals surface area contributed by atoms with Crippen LogP contribution in [0, 0.1) is 0 Å². The number of hydrogen-bond donors (Lipinski definition) is 0. The molecule has 108 valence electrons. The predicted octanol–water partition coefficient (Wildman–Crippen LogP) is 4.29. The van der Waals surface area contributed by atoms with Gasteiger partial charge in [0.15, 0.2) is 12.4 Å². The molecule has 0 amide bonds. The second kappa shape index (κ2) is 6.12. The number of thiophene rings is 1. The molecule has 0 spiro atoms. The average Bonchev–Trinajstić information content (AvgIpc) is 2.91. The Kier molecular flexibility index (Phi) is 4.22. The van der Waals surface area contributed by atoms with Crippen molar-refractivity contribution < 1.29 is 14.3 Å². The number of aryl methyl sites for hydroxylation is 1. The lowest BCUT2D eigenvalue weighted by molar-refractivity contribution is 0.0922. The van der Waals surface area contributed by atoms with Gasteiger partial charge in [-0.1, -0.05) is 0 Å². The molecule has 0 saturated heterocycles. The van der Waals surface area contributed by atoms with Crippen LogP contribution in [-0.4, -0.2) is 18.2 Å². The lowest BCUT2D eigenvalue weighted by Crippen LogP contribution is -2.13. The zero-order chi connectivity index (χ0) is 14.8. The number of fused-ring (bicyclic) bond motifs is 1. The molecule has 0 aliphatic heterocycles. The summed E-state index contributed by atoms with van der Waals surface area (Å²) in [5.41, 5.74) is 1.81. The van der Waals surface area contributed by atoms with Crippen LogP contribution in [0.15, 0.2) is 34.1 Å². The van der Waals surface area contributed by atoms with Crippen molar-refractivity contribution in [3.8, 4) is 5.75 Å². The molecule has 0 fully saturated rings. The summed E-state index contributed by atoms with van der Waals surface area (Å²) in [7, 11) is 0. The first kappa shape index (κ1) is 14.5. The van der Waals surface area contributed by atoms with Crippen molar-refractivity contribution >= 4 is 38.8 Å². The third kappa shape index (κ3) is 3.09. The summed E-state index contributed by atoms with van der Waals surface area (Å²) in [6, 6.07) is 7.29. The summed E-state index contributed by atoms with van der Waals surface area (Å²) in [6.07, 6.45) is 2.40. The van der Waals surface area contributed by atoms with Gasteiger partial charge >= 0.3 is 0 Å². The molecule has 0 unspecified atom stereocenters. The van der Waals surface area contributed by atoms with Gasteiger partial charge in [-0.05, 0) is 64.0 Å². The predicted molar refractivity (Wildman–Crippen MR) is 85.6 cm³/mol. The molecule has 3 rings (SSSR count). The van der Waals surface area contributed by atoms with E-state index in [0.717, 1.165) is 28.4 Å². The number of hydrogen-bond acceptors (Lipinski definition) is 4. The van der Waals surface area contributed by atoms with E-state index in [9.17, 15) is 9.59 Å². The van der Waals surface area contributed by atoms with Gasteiger partial charge in [0.25, 0.3) is 0 Å². The number of carbonyl (C=O) groups excluding carboxylic acids is 2. The second-order valence-corrected chi connectivity index (χ2v) is 6.68. The fourth-order valence-electron chi connectivity index (χ4n) is 2.42. The molecule has 0 radical (unpaired) electrons. The first-order chi connectivity index (χ1) is 10.1. The molecular formula is C16H13BrO3S. The van der Waals surface area contributed by atoms with E-state index < -0.39 is 0 Å². The van der Waals surface area contributed by atoms with Gasteiger partial charge in [-0.3, -0.25) is 9.59 Å². The lowest BCUT2D eigenvalue weighted by atomic mass is 9.90. The Bertz CT molecular complexity index is 705. The molecule has 1 heterocycles. The van der Waals surface area contributed by atoms with Crippen LogP contribution in [0.2, 0.25) is 0 Å². The highest BCUT2D eigenvalue weighted by molar-refractivity contribution is 9.10. The van der Waals surface area contributed by atoms with Crippen LogP contribution in [0.4, 0.5) is 0 Å². The molecule has 5 heteroatoms. The van der Waals surface area contributed by atoms with Gasteiger partial charge in [0.2, 0.25) is 5.78 Å². The minimum Gasteiger partial charge on any atom is -0.485 e. The maximum absolute atomic E-state index is 12.0. The summed E-state index contributed by atoms with van der Waals surface area (Å²) in [4.78, 5) is 24.5. The number of ketones is 2. The standard InChI is InChI=1S/C16H13BrO3S/c17-13-6-7-21-16(13)15(19)9-20-11-4-5-12-10(8-11)2-1-3-14(12)18/h4-8H,1-3,9H2. The Morgan fingerprint density at radius 2 is 2.14 bits per heavy atom. The van der Waals surface area contributed by atoms with Crippen molar-refractivity contribution in [1.82, 2.24) is 0 Å². The second-order valence-electron chi connectivity index (χ2n) is 4.91. The van der Waals surface area contributed by atoms with Gasteiger partial charge in [-0.25, -0.2) is 0 Å². The van der Waals surface area contributed by atoms with E-state index in [1.807, 2.05) is 17.5 Å². The molecular weight excluding hydrogens is 352 g/mol. The molecule has 0 bridgehead atoms. The highest BCUT2D eigenvalue weighted by Crippen LogP contribution is 2.26. The van der Waals surface area contributed by atoms with Crippen molar-refractivity contribution in [3.05, 3.63) is 50.1 Å². The van der Waals surface area contributed by atoms with Gasteiger partial charge in [-0.15, -0.1) is 11.3 Å². The molecule has 0 N–H and O–H groups in total. The van der Waals surface area contributed by atoms with Gasteiger partial charge in [-0.2, -0.15) is 0 Å². The Labute approximate surface area is 135 Å². The molecule has 1 aromatic heterocycles. The summed E-state index contributed by atoms with van der Waals surface area (Å²) < 4.78 is 6.38. The smallest absolute Gasteiger partial charge is 0.211 e. The van der Waals surface area contributed by atoms with Crippen LogP contribution in [0.1, 0.15) is 38.4 Å². The Morgan fingerprint density at radius 1 is 1.29 bits per heavy atom. The number of benzene rings is 1. The van der Waals surface area contributed by atoms with E-state index in [0.29, 0.717) is 17.0 Å². The third-order valence-corrected chi connectivity index (χ3v) is 5.35. The largest absolute Gasteiger partial charge is 0.485 e. The molecule has 2 aromatic rings. The summed E-state index contributed by atoms with van der Waals surface area (Å²) >= 11 is 4.74. The fourth-order valence-corrected chi connectivity index (χ4v) is 3.94. The number of rotatable bonds is 4. The number of ether oxygens (including phenoxy) is 1. The molecule has 21 heavy (non-hydrogen) atoms. The lowest BCUT2D eigenvalue weighted by Gasteiger charge is -2.15. The van der Waals surface area contributed by atoms with Crippen LogP contribution in [0.25, 0.3) is 0 Å². The zero-order valence-corrected chi connectivity index (χ0v) is 13.6. The first-order valence-corrected chi connectivity index (χ1v) is 8.37. The monoisotopic (exact) mass is 364 g/mol. The van der Waals surface area contributed by atoms with Crippen LogP contribution in [-0.2, 0) is 6.42 Å². The quantitative estimate of drug-likeness (QED) is 0.760. The summed E-state index contributed by atoms with van der Waals surface area (Å²) in [6.45, 7) is 0.00580. The van der Waals surface area contributed by atoms with Crippen LogP contribution >= 0.6 is 27.3 Å². The van der Waals surface area contributed by atoms with E-state index in [4.69, 9.17) is 4.74 Å². The van der Waals surface area contributed by atoms with E-state index >= 15 is 0 Å². The zero-order valence-electron chi connectivity index (χ0n) is 11.2. The highest BCUT2D eigenvalue weighted by Gasteiger charge is 2.18. The SMILES string of the molecule is O=C1CCCc2cc(OCC(=O)c3sccc3Br)ccc21. The van der Waals surface area contributed by atoms with E-state index in [2.05, 4.69) is 15.9 Å². The number of carbonyl (C=O) groups is 2. The van der Waals surface area contributed by atoms with E-state index in [1.54, 1.807) is 12.1 Å².